The summed E-state index contributed by atoms with van der Waals surface area (Å²) in [5.41, 5.74) is 2.21. The van der Waals surface area contributed by atoms with Crippen molar-refractivity contribution in [2.45, 2.75) is 44.9 Å². The monoisotopic (exact) mass is 198 g/mol. The number of aliphatic hydroxyl groups excluding tert-OH is 1. The topological polar surface area (TPSA) is 20.2 Å². The highest BCUT2D eigenvalue weighted by molar-refractivity contribution is 6.78. The fourth-order valence-corrected chi connectivity index (χ4v) is 4.75. The van der Waals surface area contributed by atoms with Crippen molar-refractivity contribution in [3.8, 4) is 0 Å². The van der Waals surface area contributed by atoms with Gasteiger partial charge < -0.3 is 5.11 Å². The predicted molar refractivity (Wildman–Crippen MR) is 60.7 cm³/mol. The number of hydrogen-bond acceptors (Lipinski definition) is 1. The fourth-order valence-electron chi connectivity index (χ4n) is 2.28. The molecule has 0 heterocycles. The molecular weight excluding hydrogens is 176 g/mol. The van der Waals surface area contributed by atoms with Crippen molar-refractivity contribution in [1.82, 2.24) is 0 Å². The molecule has 1 rings (SSSR count). The lowest BCUT2D eigenvalue weighted by Gasteiger charge is -2.36. The Bertz CT molecular complexity index is 203. The SMILES string of the molecule is CC1=C[C@H]([Si](C)(C)C)[C@H](CO)CC1. The minimum atomic E-state index is -1.12. The molecule has 0 aromatic rings. The van der Waals surface area contributed by atoms with Crippen LogP contribution in [-0.2, 0) is 0 Å². The first-order chi connectivity index (χ1) is 5.95. The maximum atomic E-state index is 9.30. The summed E-state index contributed by atoms with van der Waals surface area (Å²) >= 11 is 0. The Morgan fingerprint density at radius 3 is 2.54 bits per heavy atom. The molecular formula is C11H22OSi. The zero-order valence-corrected chi connectivity index (χ0v) is 10.3. The molecule has 0 saturated heterocycles. The van der Waals surface area contributed by atoms with Gasteiger partial charge >= 0.3 is 0 Å². The highest BCUT2D eigenvalue weighted by atomic mass is 28.3. The van der Waals surface area contributed by atoms with Crippen molar-refractivity contribution in [3.63, 3.8) is 0 Å². The second-order valence-corrected chi connectivity index (χ2v) is 10.8. The Morgan fingerprint density at radius 1 is 1.46 bits per heavy atom. The van der Waals surface area contributed by atoms with Crippen molar-refractivity contribution in [1.29, 1.82) is 0 Å². The van der Waals surface area contributed by atoms with Crippen LogP contribution in [-0.4, -0.2) is 19.8 Å². The van der Waals surface area contributed by atoms with E-state index < -0.39 is 8.07 Å². The van der Waals surface area contributed by atoms with Crippen LogP contribution >= 0.6 is 0 Å². The third kappa shape index (κ3) is 2.68. The van der Waals surface area contributed by atoms with E-state index in [9.17, 15) is 5.11 Å². The molecule has 1 aliphatic rings. The van der Waals surface area contributed by atoms with Crippen molar-refractivity contribution in [2.24, 2.45) is 5.92 Å². The van der Waals surface area contributed by atoms with Crippen molar-refractivity contribution in [2.75, 3.05) is 6.61 Å². The van der Waals surface area contributed by atoms with Crippen LogP contribution in [0.5, 0.6) is 0 Å². The van der Waals surface area contributed by atoms with E-state index in [4.69, 9.17) is 0 Å². The van der Waals surface area contributed by atoms with Gasteiger partial charge in [-0.25, -0.2) is 0 Å². The molecule has 2 heteroatoms. The van der Waals surface area contributed by atoms with Crippen LogP contribution in [0.15, 0.2) is 11.6 Å². The normalized spacial score (nSPS) is 30.1. The lowest BCUT2D eigenvalue weighted by atomic mass is 9.90. The minimum Gasteiger partial charge on any atom is -0.396 e. The molecule has 0 aromatic carbocycles. The highest BCUT2D eigenvalue weighted by Crippen LogP contribution is 2.39. The Labute approximate surface area is 82.9 Å². The fraction of sp³-hybridized carbons (Fsp3) is 0.818. The molecule has 1 aliphatic carbocycles. The zero-order valence-electron chi connectivity index (χ0n) is 9.30. The summed E-state index contributed by atoms with van der Waals surface area (Å²) in [6.07, 6.45) is 4.80. The third-order valence-corrected chi connectivity index (χ3v) is 5.75. The van der Waals surface area contributed by atoms with Crippen LogP contribution in [0.4, 0.5) is 0 Å². The van der Waals surface area contributed by atoms with E-state index in [-0.39, 0.29) is 0 Å². The maximum Gasteiger partial charge on any atom is 0.0518 e. The van der Waals surface area contributed by atoms with Gasteiger partial charge in [0.25, 0.3) is 0 Å². The van der Waals surface area contributed by atoms with Crippen LogP contribution in [0.3, 0.4) is 0 Å². The third-order valence-electron chi connectivity index (χ3n) is 3.12. The lowest BCUT2D eigenvalue weighted by molar-refractivity contribution is 0.214. The maximum absolute atomic E-state index is 9.30. The van der Waals surface area contributed by atoms with Crippen LogP contribution in [0.1, 0.15) is 19.8 Å². The molecule has 0 spiro atoms. The van der Waals surface area contributed by atoms with Gasteiger partial charge in [0.05, 0.1) is 8.07 Å². The van der Waals surface area contributed by atoms with Crippen LogP contribution in [0, 0.1) is 5.92 Å². The smallest absolute Gasteiger partial charge is 0.0518 e. The molecule has 1 N–H and O–H groups in total. The molecule has 2 atom stereocenters. The molecule has 1 nitrogen and oxygen atoms in total. The second kappa shape index (κ2) is 3.97. The number of allylic oxidation sites excluding steroid dienone is 2. The van der Waals surface area contributed by atoms with Gasteiger partial charge in [0.1, 0.15) is 0 Å². The summed E-state index contributed by atoms with van der Waals surface area (Å²) in [5, 5.41) is 9.30. The average molecular weight is 198 g/mol. The zero-order chi connectivity index (χ0) is 10.1. The lowest BCUT2D eigenvalue weighted by Crippen LogP contribution is -2.35. The second-order valence-electron chi connectivity index (χ2n) is 5.39. The van der Waals surface area contributed by atoms with E-state index in [0.717, 1.165) is 0 Å². The van der Waals surface area contributed by atoms with Gasteiger partial charge in [-0.3, -0.25) is 0 Å². The molecule has 0 unspecified atom stereocenters. The van der Waals surface area contributed by atoms with Crippen molar-refractivity contribution in [3.05, 3.63) is 11.6 Å². The van der Waals surface area contributed by atoms with Crippen molar-refractivity contribution >= 4 is 8.07 Å². The number of aliphatic hydroxyl groups is 1. The Kier molecular flexibility index (Phi) is 3.36. The molecule has 0 aromatic heterocycles. The Morgan fingerprint density at radius 2 is 2.08 bits per heavy atom. The van der Waals surface area contributed by atoms with Gasteiger partial charge in [0.2, 0.25) is 0 Å². The number of rotatable bonds is 2. The van der Waals surface area contributed by atoms with Gasteiger partial charge in [-0.05, 0) is 31.2 Å². The summed E-state index contributed by atoms with van der Waals surface area (Å²) in [6, 6.07) is 0. The number of hydrogen-bond donors (Lipinski definition) is 1. The molecule has 0 aliphatic heterocycles. The molecule has 0 amide bonds. The summed E-state index contributed by atoms with van der Waals surface area (Å²) in [4.78, 5) is 0. The molecule has 0 radical (unpaired) electrons. The standard InChI is InChI=1S/C11H22OSi/c1-9-5-6-10(8-12)11(7-9)13(2,3)4/h7,10-12H,5-6,8H2,1-4H3/t10-,11-/m0/s1. The van der Waals surface area contributed by atoms with E-state index in [1.54, 1.807) is 0 Å². The van der Waals surface area contributed by atoms with E-state index in [1.807, 2.05) is 0 Å². The van der Waals surface area contributed by atoms with Crippen LogP contribution in [0.2, 0.25) is 25.2 Å². The molecule has 0 fully saturated rings. The highest BCUT2D eigenvalue weighted by Gasteiger charge is 2.33. The predicted octanol–water partition coefficient (Wildman–Crippen LogP) is 3.04. The van der Waals surface area contributed by atoms with E-state index >= 15 is 0 Å². The first-order valence-corrected chi connectivity index (χ1v) is 8.81. The van der Waals surface area contributed by atoms with Gasteiger partial charge in [0.15, 0.2) is 0 Å². The van der Waals surface area contributed by atoms with E-state index in [0.29, 0.717) is 18.1 Å². The summed E-state index contributed by atoms with van der Waals surface area (Å²) in [6.45, 7) is 9.79. The summed E-state index contributed by atoms with van der Waals surface area (Å²) in [7, 11) is -1.12. The first-order valence-electron chi connectivity index (χ1n) is 5.23. The molecule has 0 bridgehead atoms. The quantitative estimate of drug-likeness (QED) is 0.534. The first kappa shape index (κ1) is 11.0. The van der Waals surface area contributed by atoms with Gasteiger partial charge in [-0.2, -0.15) is 0 Å². The Balaban J connectivity index is 2.82. The van der Waals surface area contributed by atoms with Gasteiger partial charge in [-0.1, -0.05) is 31.3 Å². The average Bonchev–Trinajstić information content (AvgIpc) is 2.03. The molecule has 76 valence electrons. The van der Waals surface area contributed by atoms with Gasteiger partial charge in [0, 0.05) is 6.61 Å². The van der Waals surface area contributed by atoms with E-state index in [2.05, 4.69) is 32.6 Å². The molecule has 0 saturated carbocycles. The largest absolute Gasteiger partial charge is 0.396 e. The van der Waals surface area contributed by atoms with Crippen LogP contribution < -0.4 is 0 Å². The summed E-state index contributed by atoms with van der Waals surface area (Å²) < 4.78 is 0. The minimum absolute atomic E-state index is 0.374. The summed E-state index contributed by atoms with van der Waals surface area (Å²) in [5.74, 6) is 0.537. The van der Waals surface area contributed by atoms with Crippen LogP contribution in [0.25, 0.3) is 0 Å². The van der Waals surface area contributed by atoms with Gasteiger partial charge in [-0.15, -0.1) is 0 Å². The Hall–Kier alpha value is -0.0831. The van der Waals surface area contributed by atoms with Crippen molar-refractivity contribution < 1.29 is 5.11 Å². The molecule has 13 heavy (non-hydrogen) atoms. The van der Waals surface area contributed by atoms with E-state index in [1.165, 1.54) is 18.4 Å².